The normalized spacial score (nSPS) is 10.6. The molecular formula is C10H6ClF2N3O3S. The Bertz CT molecular complexity index is 671. The Morgan fingerprint density at radius 1 is 1.50 bits per heavy atom. The Hall–Kier alpha value is -2.00. The van der Waals surface area contributed by atoms with Gasteiger partial charge in [-0.2, -0.15) is 8.78 Å². The van der Waals surface area contributed by atoms with Gasteiger partial charge in [0.05, 0.1) is 11.9 Å². The SMILES string of the molecule is O=C(Nc1ccc(OC(F)F)nc1)c1s[nH]c(=O)c1Cl. The molecule has 0 fully saturated rings. The number of carbonyl (C=O) groups excluding carboxylic acids is 1. The zero-order valence-electron chi connectivity index (χ0n) is 9.52. The van der Waals surface area contributed by atoms with Crippen LogP contribution in [0.5, 0.6) is 5.88 Å². The van der Waals surface area contributed by atoms with Gasteiger partial charge in [0, 0.05) is 6.07 Å². The van der Waals surface area contributed by atoms with Crippen LogP contribution in [0.1, 0.15) is 9.67 Å². The van der Waals surface area contributed by atoms with Crippen molar-refractivity contribution in [2.75, 3.05) is 5.32 Å². The Kier molecular flexibility index (Phi) is 4.30. The van der Waals surface area contributed by atoms with Crippen LogP contribution in [0, 0.1) is 0 Å². The summed E-state index contributed by atoms with van der Waals surface area (Å²) in [5.41, 5.74) is -0.311. The van der Waals surface area contributed by atoms with Crippen molar-refractivity contribution in [3.05, 3.63) is 38.6 Å². The van der Waals surface area contributed by atoms with E-state index in [2.05, 4.69) is 19.4 Å². The third-order valence-electron chi connectivity index (χ3n) is 2.05. The summed E-state index contributed by atoms with van der Waals surface area (Å²) in [6, 6.07) is 2.49. The summed E-state index contributed by atoms with van der Waals surface area (Å²) in [7, 11) is 0. The Balaban J connectivity index is 2.08. The number of alkyl halides is 2. The maximum absolute atomic E-state index is 11.9. The number of hydrogen-bond donors (Lipinski definition) is 2. The molecule has 2 N–H and O–H groups in total. The summed E-state index contributed by atoms with van der Waals surface area (Å²) in [5, 5.41) is 2.21. The molecule has 2 heterocycles. The quantitative estimate of drug-likeness (QED) is 0.905. The van der Waals surface area contributed by atoms with Crippen molar-refractivity contribution < 1.29 is 18.3 Å². The van der Waals surface area contributed by atoms with E-state index in [4.69, 9.17) is 11.6 Å². The number of halogens is 3. The lowest BCUT2D eigenvalue weighted by atomic mass is 10.4. The molecule has 0 aromatic carbocycles. The summed E-state index contributed by atoms with van der Waals surface area (Å²) in [6.07, 6.45) is 1.14. The molecule has 0 radical (unpaired) electrons. The third kappa shape index (κ3) is 3.31. The number of rotatable bonds is 4. The molecule has 2 rings (SSSR count). The van der Waals surface area contributed by atoms with Crippen molar-refractivity contribution >= 4 is 34.7 Å². The average molecular weight is 322 g/mol. The lowest BCUT2D eigenvalue weighted by Gasteiger charge is -2.05. The first-order valence-electron chi connectivity index (χ1n) is 5.06. The van der Waals surface area contributed by atoms with Crippen LogP contribution in [-0.4, -0.2) is 21.9 Å². The second-order valence-electron chi connectivity index (χ2n) is 3.39. The van der Waals surface area contributed by atoms with Gasteiger partial charge in [-0.3, -0.25) is 14.0 Å². The molecule has 0 saturated heterocycles. The molecule has 2 aromatic heterocycles. The highest BCUT2D eigenvalue weighted by Crippen LogP contribution is 2.18. The summed E-state index contributed by atoms with van der Waals surface area (Å²) in [5.74, 6) is -0.884. The molecule has 0 unspecified atom stereocenters. The fourth-order valence-electron chi connectivity index (χ4n) is 1.24. The van der Waals surface area contributed by atoms with Gasteiger partial charge >= 0.3 is 6.61 Å². The lowest BCUT2D eigenvalue weighted by Crippen LogP contribution is -2.12. The zero-order valence-corrected chi connectivity index (χ0v) is 11.1. The molecule has 1 amide bonds. The minimum absolute atomic E-state index is 0.0181. The molecule has 0 bridgehead atoms. The van der Waals surface area contributed by atoms with Crippen LogP contribution in [0.15, 0.2) is 23.1 Å². The second-order valence-corrected chi connectivity index (χ2v) is 4.59. The lowest BCUT2D eigenvalue weighted by molar-refractivity contribution is -0.0528. The minimum atomic E-state index is -2.97. The standard InChI is InChI=1S/C10H6ClF2N3O3S/c11-6-7(20-16-8(6)17)9(18)15-4-1-2-5(14-3-4)19-10(12)13/h1-3,10H,(H,15,18)(H,16,17). The number of carbonyl (C=O) groups is 1. The highest BCUT2D eigenvalue weighted by atomic mass is 35.5. The summed E-state index contributed by atoms with van der Waals surface area (Å²) >= 11 is 6.43. The highest BCUT2D eigenvalue weighted by molar-refractivity contribution is 7.08. The molecule has 20 heavy (non-hydrogen) atoms. The number of ether oxygens (including phenoxy) is 1. The number of aromatic amines is 1. The number of amides is 1. The van der Waals surface area contributed by atoms with Gasteiger partial charge in [0.1, 0.15) is 9.90 Å². The first kappa shape index (κ1) is 14.4. The fourth-order valence-corrected chi connectivity index (χ4v) is 2.17. The van der Waals surface area contributed by atoms with Crippen LogP contribution in [0.25, 0.3) is 0 Å². The number of H-pyrrole nitrogens is 1. The van der Waals surface area contributed by atoms with Gasteiger partial charge in [0.2, 0.25) is 5.88 Å². The Morgan fingerprint density at radius 2 is 2.25 bits per heavy atom. The van der Waals surface area contributed by atoms with Gasteiger partial charge in [-0.25, -0.2) is 4.98 Å². The molecule has 0 saturated carbocycles. The smallest absolute Gasteiger partial charge is 0.388 e. The van der Waals surface area contributed by atoms with Crippen molar-refractivity contribution in [1.82, 2.24) is 9.36 Å². The predicted molar refractivity (Wildman–Crippen MR) is 68.8 cm³/mol. The van der Waals surface area contributed by atoms with Gasteiger partial charge in [0.15, 0.2) is 0 Å². The van der Waals surface area contributed by atoms with Crippen molar-refractivity contribution in [2.45, 2.75) is 6.61 Å². The molecule has 2 aromatic rings. The summed E-state index contributed by atoms with van der Waals surface area (Å²) in [6.45, 7) is -2.97. The van der Waals surface area contributed by atoms with Crippen LogP contribution in [0.3, 0.4) is 0 Å². The van der Waals surface area contributed by atoms with E-state index in [0.29, 0.717) is 0 Å². The van der Waals surface area contributed by atoms with E-state index in [1.165, 1.54) is 12.1 Å². The zero-order chi connectivity index (χ0) is 14.7. The van der Waals surface area contributed by atoms with E-state index < -0.39 is 18.1 Å². The molecule has 106 valence electrons. The highest BCUT2D eigenvalue weighted by Gasteiger charge is 2.16. The largest absolute Gasteiger partial charge is 0.417 e. The minimum Gasteiger partial charge on any atom is -0.417 e. The van der Waals surface area contributed by atoms with E-state index in [1.807, 2.05) is 0 Å². The first-order chi connectivity index (χ1) is 9.47. The molecule has 0 aliphatic heterocycles. The van der Waals surface area contributed by atoms with Gasteiger partial charge in [0.25, 0.3) is 11.5 Å². The van der Waals surface area contributed by atoms with Crippen LogP contribution >= 0.6 is 23.1 Å². The van der Waals surface area contributed by atoms with Crippen LogP contribution in [-0.2, 0) is 0 Å². The van der Waals surface area contributed by atoms with Crippen LogP contribution < -0.4 is 15.6 Å². The Morgan fingerprint density at radius 3 is 2.75 bits per heavy atom. The van der Waals surface area contributed by atoms with Crippen LogP contribution in [0.4, 0.5) is 14.5 Å². The number of pyridine rings is 1. The summed E-state index contributed by atoms with van der Waals surface area (Å²) < 4.78 is 30.2. The van der Waals surface area contributed by atoms with Gasteiger partial charge in [-0.15, -0.1) is 0 Å². The number of hydrogen-bond acceptors (Lipinski definition) is 5. The van der Waals surface area contributed by atoms with E-state index in [9.17, 15) is 18.4 Å². The Labute approximate surface area is 119 Å². The van der Waals surface area contributed by atoms with Crippen molar-refractivity contribution in [3.8, 4) is 5.88 Å². The number of aromatic nitrogens is 2. The van der Waals surface area contributed by atoms with Crippen molar-refractivity contribution in [1.29, 1.82) is 0 Å². The maximum atomic E-state index is 11.9. The van der Waals surface area contributed by atoms with Crippen molar-refractivity contribution in [2.24, 2.45) is 0 Å². The summed E-state index contributed by atoms with van der Waals surface area (Å²) in [4.78, 5) is 26.5. The van der Waals surface area contributed by atoms with Crippen molar-refractivity contribution in [3.63, 3.8) is 0 Å². The first-order valence-corrected chi connectivity index (χ1v) is 6.26. The van der Waals surface area contributed by atoms with E-state index in [1.54, 1.807) is 0 Å². The van der Waals surface area contributed by atoms with Crippen LogP contribution in [0.2, 0.25) is 5.02 Å². The molecule has 0 spiro atoms. The third-order valence-corrected chi connectivity index (χ3v) is 3.41. The molecule has 0 aliphatic carbocycles. The molecule has 0 atom stereocenters. The number of nitrogens with one attached hydrogen (secondary N) is 2. The predicted octanol–water partition coefficient (Wildman–Crippen LogP) is 2.34. The van der Waals surface area contributed by atoms with Gasteiger partial charge in [-0.1, -0.05) is 23.1 Å². The number of anilines is 1. The molecular weight excluding hydrogens is 316 g/mol. The van der Waals surface area contributed by atoms with E-state index in [0.717, 1.165) is 17.7 Å². The fraction of sp³-hybridized carbons (Fsp3) is 0.100. The van der Waals surface area contributed by atoms with E-state index >= 15 is 0 Å². The maximum Gasteiger partial charge on any atom is 0.388 e. The van der Waals surface area contributed by atoms with Gasteiger partial charge < -0.3 is 10.1 Å². The molecule has 10 heteroatoms. The average Bonchev–Trinajstić information content (AvgIpc) is 2.72. The van der Waals surface area contributed by atoms with Gasteiger partial charge in [-0.05, 0) is 6.07 Å². The topological polar surface area (TPSA) is 84.1 Å². The second kappa shape index (κ2) is 5.97. The molecule has 0 aliphatic rings. The molecule has 6 nitrogen and oxygen atoms in total. The number of nitrogens with zero attached hydrogens (tertiary/aromatic N) is 1. The van der Waals surface area contributed by atoms with E-state index in [-0.39, 0.29) is 21.5 Å². The monoisotopic (exact) mass is 321 g/mol.